The SMILES string of the molecule is CCCC[C@H](CC)C(=O)NC[C@@H]1Cc2cc(OC)ccc2O1. The molecule has 122 valence electrons. The van der Waals surface area contributed by atoms with Gasteiger partial charge in [-0.3, -0.25) is 4.79 Å². The third-order valence-electron chi connectivity index (χ3n) is 4.28. The van der Waals surface area contributed by atoms with E-state index in [1.54, 1.807) is 7.11 Å². The van der Waals surface area contributed by atoms with E-state index in [-0.39, 0.29) is 17.9 Å². The van der Waals surface area contributed by atoms with Gasteiger partial charge in [0, 0.05) is 17.9 Å². The maximum Gasteiger partial charge on any atom is 0.223 e. The van der Waals surface area contributed by atoms with E-state index in [2.05, 4.69) is 19.2 Å². The number of carbonyl (C=O) groups is 1. The van der Waals surface area contributed by atoms with Gasteiger partial charge in [0.25, 0.3) is 0 Å². The Balaban J connectivity index is 1.82. The van der Waals surface area contributed by atoms with E-state index >= 15 is 0 Å². The number of hydrogen-bond donors (Lipinski definition) is 1. The quantitative estimate of drug-likeness (QED) is 0.801. The second-order valence-corrected chi connectivity index (χ2v) is 5.91. The number of amides is 1. The number of carbonyl (C=O) groups excluding carboxylic acids is 1. The monoisotopic (exact) mass is 305 g/mol. The Labute approximate surface area is 133 Å². The normalized spacial score (nSPS) is 17.5. The molecule has 1 heterocycles. The molecular weight excluding hydrogens is 278 g/mol. The van der Waals surface area contributed by atoms with Crippen molar-refractivity contribution >= 4 is 5.91 Å². The Morgan fingerprint density at radius 2 is 2.27 bits per heavy atom. The molecule has 0 saturated heterocycles. The minimum Gasteiger partial charge on any atom is -0.497 e. The van der Waals surface area contributed by atoms with Crippen LogP contribution in [0, 0.1) is 5.92 Å². The molecule has 1 amide bonds. The number of methoxy groups -OCH3 is 1. The molecule has 22 heavy (non-hydrogen) atoms. The Bertz CT molecular complexity index is 501. The van der Waals surface area contributed by atoms with Crippen molar-refractivity contribution in [3.05, 3.63) is 23.8 Å². The molecular formula is C18H27NO3. The van der Waals surface area contributed by atoms with Gasteiger partial charge >= 0.3 is 0 Å². The summed E-state index contributed by atoms with van der Waals surface area (Å²) in [5.74, 6) is 2.03. The Kier molecular flexibility index (Phi) is 6.10. The molecule has 0 radical (unpaired) electrons. The first-order valence-corrected chi connectivity index (χ1v) is 8.29. The van der Waals surface area contributed by atoms with Crippen molar-refractivity contribution in [1.29, 1.82) is 0 Å². The molecule has 0 aromatic heterocycles. The predicted molar refractivity (Wildman–Crippen MR) is 87.4 cm³/mol. The number of unbranched alkanes of at least 4 members (excludes halogenated alkanes) is 1. The fourth-order valence-electron chi connectivity index (χ4n) is 2.87. The van der Waals surface area contributed by atoms with E-state index in [1.165, 1.54) is 0 Å². The van der Waals surface area contributed by atoms with Crippen LogP contribution < -0.4 is 14.8 Å². The molecule has 4 heteroatoms. The Morgan fingerprint density at radius 3 is 2.95 bits per heavy atom. The van der Waals surface area contributed by atoms with E-state index in [0.29, 0.717) is 6.54 Å². The molecule has 0 unspecified atom stereocenters. The first kappa shape index (κ1) is 16.7. The van der Waals surface area contributed by atoms with Crippen LogP contribution in [0.1, 0.15) is 45.1 Å². The van der Waals surface area contributed by atoms with Crippen LogP contribution in [0.25, 0.3) is 0 Å². The van der Waals surface area contributed by atoms with Gasteiger partial charge in [-0.15, -0.1) is 0 Å². The summed E-state index contributed by atoms with van der Waals surface area (Å²) >= 11 is 0. The molecule has 0 saturated carbocycles. The number of rotatable bonds is 8. The van der Waals surface area contributed by atoms with Gasteiger partial charge < -0.3 is 14.8 Å². The lowest BCUT2D eigenvalue weighted by atomic mass is 9.98. The molecule has 0 bridgehead atoms. The molecule has 1 N–H and O–H groups in total. The van der Waals surface area contributed by atoms with E-state index in [0.717, 1.165) is 49.2 Å². The summed E-state index contributed by atoms with van der Waals surface area (Å²) in [6.45, 7) is 4.80. The summed E-state index contributed by atoms with van der Waals surface area (Å²) in [7, 11) is 1.66. The standard InChI is InChI=1S/C18H27NO3/c1-4-6-7-13(5-2)18(20)19-12-16-11-14-10-15(21-3)8-9-17(14)22-16/h8-10,13,16H,4-7,11-12H2,1-3H3,(H,19,20)/t13-,16-/m0/s1. The molecule has 2 rings (SSSR count). The van der Waals surface area contributed by atoms with Crippen molar-refractivity contribution < 1.29 is 14.3 Å². The largest absolute Gasteiger partial charge is 0.497 e. The van der Waals surface area contributed by atoms with Crippen molar-refractivity contribution in [3.63, 3.8) is 0 Å². The molecule has 1 aliphatic rings. The van der Waals surface area contributed by atoms with Crippen LogP contribution in [-0.2, 0) is 11.2 Å². The number of nitrogens with one attached hydrogen (secondary N) is 1. The first-order chi connectivity index (χ1) is 10.7. The second kappa shape index (κ2) is 8.06. The zero-order valence-corrected chi connectivity index (χ0v) is 13.9. The van der Waals surface area contributed by atoms with Crippen molar-refractivity contribution in [2.45, 2.75) is 52.1 Å². The molecule has 0 fully saturated rings. The third kappa shape index (κ3) is 4.15. The zero-order chi connectivity index (χ0) is 15.9. The van der Waals surface area contributed by atoms with E-state index in [1.807, 2.05) is 18.2 Å². The van der Waals surface area contributed by atoms with Gasteiger partial charge in [0.15, 0.2) is 0 Å². The summed E-state index contributed by atoms with van der Waals surface area (Å²) in [5.41, 5.74) is 1.15. The molecule has 1 aliphatic heterocycles. The number of ether oxygens (including phenoxy) is 2. The average Bonchev–Trinajstić information content (AvgIpc) is 2.95. The molecule has 2 atom stereocenters. The fraction of sp³-hybridized carbons (Fsp3) is 0.611. The van der Waals surface area contributed by atoms with Gasteiger partial charge in [-0.25, -0.2) is 0 Å². The van der Waals surface area contributed by atoms with E-state index in [9.17, 15) is 4.79 Å². The van der Waals surface area contributed by atoms with Crippen molar-refractivity contribution in [1.82, 2.24) is 5.32 Å². The van der Waals surface area contributed by atoms with E-state index in [4.69, 9.17) is 9.47 Å². The summed E-state index contributed by atoms with van der Waals surface area (Å²) < 4.78 is 11.1. The number of benzene rings is 1. The minimum absolute atomic E-state index is 0.0229. The lowest BCUT2D eigenvalue weighted by Gasteiger charge is -2.17. The van der Waals surface area contributed by atoms with Crippen molar-refractivity contribution in [3.8, 4) is 11.5 Å². The third-order valence-corrected chi connectivity index (χ3v) is 4.28. The number of fused-ring (bicyclic) bond motifs is 1. The van der Waals surface area contributed by atoms with Crippen LogP contribution >= 0.6 is 0 Å². The molecule has 0 aliphatic carbocycles. The summed E-state index contributed by atoms with van der Waals surface area (Å²) in [5, 5.41) is 3.05. The second-order valence-electron chi connectivity index (χ2n) is 5.91. The smallest absolute Gasteiger partial charge is 0.223 e. The minimum atomic E-state index is 0.0229. The highest BCUT2D eigenvalue weighted by molar-refractivity contribution is 5.78. The van der Waals surface area contributed by atoms with Crippen LogP contribution in [0.3, 0.4) is 0 Å². The van der Waals surface area contributed by atoms with Crippen LogP contribution in [0.2, 0.25) is 0 Å². The van der Waals surface area contributed by atoms with Gasteiger partial charge in [-0.05, 0) is 31.0 Å². The highest BCUT2D eigenvalue weighted by Crippen LogP contribution is 2.31. The van der Waals surface area contributed by atoms with Crippen LogP contribution in [0.15, 0.2) is 18.2 Å². The van der Waals surface area contributed by atoms with Gasteiger partial charge in [-0.2, -0.15) is 0 Å². The summed E-state index contributed by atoms with van der Waals surface area (Å²) in [6.07, 6.45) is 4.95. The van der Waals surface area contributed by atoms with Gasteiger partial charge in [0.2, 0.25) is 5.91 Å². The molecule has 4 nitrogen and oxygen atoms in total. The highest BCUT2D eigenvalue weighted by Gasteiger charge is 2.25. The van der Waals surface area contributed by atoms with Crippen molar-refractivity contribution in [2.75, 3.05) is 13.7 Å². The predicted octanol–water partition coefficient (Wildman–Crippen LogP) is 3.33. The zero-order valence-electron chi connectivity index (χ0n) is 13.9. The van der Waals surface area contributed by atoms with E-state index < -0.39 is 0 Å². The van der Waals surface area contributed by atoms with Gasteiger partial charge in [-0.1, -0.05) is 26.7 Å². The highest BCUT2D eigenvalue weighted by atomic mass is 16.5. The van der Waals surface area contributed by atoms with Crippen molar-refractivity contribution in [2.24, 2.45) is 5.92 Å². The first-order valence-electron chi connectivity index (χ1n) is 8.29. The Morgan fingerprint density at radius 1 is 1.45 bits per heavy atom. The van der Waals surface area contributed by atoms with Crippen LogP contribution in [-0.4, -0.2) is 25.7 Å². The topological polar surface area (TPSA) is 47.6 Å². The molecule has 1 aromatic carbocycles. The maximum absolute atomic E-state index is 12.2. The fourth-order valence-corrected chi connectivity index (χ4v) is 2.87. The van der Waals surface area contributed by atoms with Crippen LogP contribution in [0.4, 0.5) is 0 Å². The van der Waals surface area contributed by atoms with Crippen LogP contribution in [0.5, 0.6) is 11.5 Å². The lowest BCUT2D eigenvalue weighted by Crippen LogP contribution is -2.37. The number of hydrogen-bond acceptors (Lipinski definition) is 3. The lowest BCUT2D eigenvalue weighted by molar-refractivity contribution is -0.125. The Hall–Kier alpha value is -1.71. The molecule has 1 aromatic rings. The maximum atomic E-state index is 12.2. The average molecular weight is 305 g/mol. The summed E-state index contributed by atoms with van der Waals surface area (Å²) in [4.78, 5) is 12.2. The summed E-state index contributed by atoms with van der Waals surface area (Å²) in [6, 6.07) is 5.84. The van der Waals surface area contributed by atoms with Gasteiger partial charge in [0.05, 0.1) is 13.7 Å². The van der Waals surface area contributed by atoms with Gasteiger partial charge in [0.1, 0.15) is 17.6 Å². The molecule has 0 spiro atoms.